The summed E-state index contributed by atoms with van der Waals surface area (Å²) in [4.78, 5) is 28.2. The molecule has 1 aromatic rings. The van der Waals surface area contributed by atoms with Gasteiger partial charge in [0.2, 0.25) is 11.8 Å². The molecular formula is C25H36N2O3S. The van der Waals surface area contributed by atoms with Crippen molar-refractivity contribution in [1.82, 2.24) is 10.2 Å². The fourth-order valence-corrected chi connectivity index (χ4v) is 4.51. The van der Waals surface area contributed by atoms with Crippen molar-refractivity contribution < 1.29 is 14.7 Å². The topological polar surface area (TPSA) is 69.6 Å². The standard InChI is InChI=1S/C25H36N2O3S/c1-7-12-31-23(17(2)3)19-10-8-18(9-11-19)15-26-24(30)21-13-20(28)16-27(21)22(29)14-25(4,5)6/h7-11,20-21,28H,1,12-16H2,2-6H3,(H,26,30)/t20?,21-/m0/s1. The number of carbonyl (C=O) groups is 2. The van der Waals surface area contributed by atoms with Crippen LogP contribution in [0.5, 0.6) is 0 Å². The number of likely N-dealkylation sites (tertiary alicyclic amines) is 1. The summed E-state index contributed by atoms with van der Waals surface area (Å²) in [6.07, 6.45) is 1.87. The highest BCUT2D eigenvalue weighted by Gasteiger charge is 2.39. The highest BCUT2D eigenvalue weighted by atomic mass is 32.2. The Morgan fingerprint density at radius 3 is 2.45 bits per heavy atom. The zero-order valence-corrected chi connectivity index (χ0v) is 20.2. The number of benzene rings is 1. The third kappa shape index (κ3) is 7.54. The molecule has 2 rings (SSSR count). The summed E-state index contributed by atoms with van der Waals surface area (Å²) < 4.78 is 0. The lowest BCUT2D eigenvalue weighted by molar-refractivity contribution is -0.140. The lowest BCUT2D eigenvalue weighted by Crippen LogP contribution is -2.46. The number of allylic oxidation sites excluding steroid dienone is 1. The normalized spacial score (nSPS) is 18.6. The zero-order valence-electron chi connectivity index (χ0n) is 19.4. The smallest absolute Gasteiger partial charge is 0.243 e. The van der Waals surface area contributed by atoms with Crippen LogP contribution < -0.4 is 5.32 Å². The van der Waals surface area contributed by atoms with Crippen molar-refractivity contribution in [3.63, 3.8) is 0 Å². The van der Waals surface area contributed by atoms with Gasteiger partial charge in [-0.3, -0.25) is 9.59 Å². The molecule has 1 aliphatic rings. The first-order valence-corrected chi connectivity index (χ1v) is 11.8. The first-order valence-electron chi connectivity index (χ1n) is 10.8. The summed E-state index contributed by atoms with van der Waals surface area (Å²) in [5.74, 6) is 0.560. The Morgan fingerprint density at radius 2 is 1.90 bits per heavy atom. The molecule has 0 spiro atoms. The molecule has 1 fully saturated rings. The number of β-amino-alcohol motifs (C(OH)–C–C–N with tert-alkyl or cyclic N) is 1. The van der Waals surface area contributed by atoms with Crippen LogP contribution in [0.2, 0.25) is 0 Å². The average Bonchev–Trinajstić information content (AvgIpc) is 3.08. The van der Waals surface area contributed by atoms with Gasteiger partial charge in [-0.15, -0.1) is 18.3 Å². The van der Waals surface area contributed by atoms with Gasteiger partial charge >= 0.3 is 0 Å². The van der Waals surface area contributed by atoms with Gasteiger partial charge < -0.3 is 15.3 Å². The number of nitrogens with zero attached hydrogens (tertiary/aromatic N) is 1. The van der Waals surface area contributed by atoms with E-state index >= 15 is 0 Å². The van der Waals surface area contributed by atoms with Crippen LogP contribution in [-0.2, 0) is 16.1 Å². The quantitative estimate of drug-likeness (QED) is 0.584. The molecular weight excluding hydrogens is 408 g/mol. The van der Waals surface area contributed by atoms with Crippen molar-refractivity contribution in [3.05, 3.63) is 53.6 Å². The fourth-order valence-electron chi connectivity index (χ4n) is 3.63. The molecule has 5 nitrogen and oxygen atoms in total. The minimum atomic E-state index is -0.658. The number of hydrogen-bond donors (Lipinski definition) is 2. The van der Waals surface area contributed by atoms with Crippen LogP contribution in [0.4, 0.5) is 0 Å². The van der Waals surface area contributed by atoms with E-state index < -0.39 is 12.1 Å². The molecule has 0 bridgehead atoms. The second-order valence-electron chi connectivity index (χ2n) is 9.53. The molecule has 1 aliphatic heterocycles. The van der Waals surface area contributed by atoms with Gasteiger partial charge in [0.25, 0.3) is 0 Å². The molecule has 0 aromatic heterocycles. The third-order valence-corrected chi connectivity index (χ3v) is 6.40. The molecule has 1 unspecified atom stereocenters. The molecule has 0 radical (unpaired) electrons. The van der Waals surface area contributed by atoms with Crippen LogP contribution in [0.1, 0.15) is 58.6 Å². The number of rotatable bonds is 8. The van der Waals surface area contributed by atoms with Crippen LogP contribution in [-0.4, -0.2) is 46.3 Å². The predicted octanol–water partition coefficient (Wildman–Crippen LogP) is 4.37. The molecule has 2 N–H and O–H groups in total. The van der Waals surface area contributed by atoms with E-state index in [0.29, 0.717) is 13.0 Å². The van der Waals surface area contributed by atoms with Gasteiger partial charge in [0.15, 0.2) is 0 Å². The van der Waals surface area contributed by atoms with Gasteiger partial charge in [-0.25, -0.2) is 0 Å². The third-order valence-electron chi connectivity index (χ3n) is 5.07. The molecule has 2 atom stereocenters. The maximum atomic E-state index is 12.8. The summed E-state index contributed by atoms with van der Waals surface area (Å²) in [7, 11) is 0. The van der Waals surface area contributed by atoms with Crippen LogP contribution >= 0.6 is 11.8 Å². The van der Waals surface area contributed by atoms with E-state index in [9.17, 15) is 14.7 Å². The van der Waals surface area contributed by atoms with Crippen molar-refractivity contribution in [2.24, 2.45) is 5.41 Å². The van der Waals surface area contributed by atoms with Crippen molar-refractivity contribution in [2.45, 2.75) is 66.2 Å². The van der Waals surface area contributed by atoms with Gasteiger partial charge in [0.05, 0.1) is 6.10 Å². The van der Waals surface area contributed by atoms with Crippen molar-refractivity contribution in [3.8, 4) is 0 Å². The van der Waals surface area contributed by atoms with Crippen molar-refractivity contribution >= 4 is 28.5 Å². The number of nitrogens with one attached hydrogen (secondary N) is 1. The molecule has 1 saturated heterocycles. The average molecular weight is 445 g/mol. The Balaban J connectivity index is 2.00. The zero-order chi connectivity index (χ0) is 23.2. The molecule has 2 amide bonds. The molecule has 31 heavy (non-hydrogen) atoms. The number of carbonyl (C=O) groups excluding carboxylic acids is 2. The fraction of sp³-hybridized carbons (Fsp3) is 0.520. The number of hydrogen-bond acceptors (Lipinski definition) is 4. The number of amides is 2. The van der Waals surface area contributed by atoms with Gasteiger partial charge in [-0.2, -0.15) is 0 Å². The van der Waals surface area contributed by atoms with Gasteiger partial charge in [-0.1, -0.05) is 56.7 Å². The van der Waals surface area contributed by atoms with Crippen LogP contribution in [0.3, 0.4) is 0 Å². The molecule has 1 heterocycles. The van der Waals surface area contributed by atoms with Crippen molar-refractivity contribution in [2.75, 3.05) is 12.3 Å². The second-order valence-corrected chi connectivity index (χ2v) is 10.6. The Hall–Kier alpha value is -2.05. The van der Waals surface area contributed by atoms with Gasteiger partial charge in [0, 0.05) is 36.6 Å². The van der Waals surface area contributed by atoms with E-state index in [-0.39, 0.29) is 30.2 Å². The number of thioether (sulfide) groups is 1. The summed E-state index contributed by atoms with van der Waals surface area (Å²) >= 11 is 1.76. The summed E-state index contributed by atoms with van der Waals surface area (Å²) in [5, 5.41) is 13.0. The Kier molecular flexibility index (Phi) is 8.95. The molecule has 6 heteroatoms. The minimum Gasteiger partial charge on any atom is -0.391 e. The highest BCUT2D eigenvalue weighted by Crippen LogP contribution is 2.31. The van der Waals surface area contributed by atoms with E-state index in [0.717, 1.165) is 16.9 Å². The number of aliphatic hydroxyl groups excluding tert-OH is 1. The van der Waals surface area contributed by atoms with E-state index in [1.807, 2.05) is 39.0 Å². The van der Waals surface area contributed by atoms with Gasteiger partial charge in [0.1, 0.15) is 6.04 Å². The highest BCUT2D eigenvalue weighted by molar-refractivity contribution is 8.08. The van der Waals surface area contributed by atoms with E-state index in [1.165, 1.54) is 15.4 Å². The second kappa shape index (κ2) is 11.0. The minimum absolute atomic E-state index is 0.0835. The van der Waals surface area contributed by atoms with E-state index in [1.54, 1.807) is 11.8 Å². The Labute approximate surface area is 191 Å². The summed E-state index contributed by atoms with van der Waals surface area (Å²) in [6, 6.07) is 7.55. The molecule has 170 valence electrons. The summed E-state index contributed by atoms with van der Waals surface area (Å²) in [6.45, 7) is 14.6. The van der Waals surface area contributed by atoms with Crippen LogP contribution in [0.25, 0.3) is 4.91 Å². The molecule has 1 aromatic carbocycles. The molecule has 0 saturated carbocycles. The van der Waals surface area contributed by atoms with Gasteiger partial charge in [-0.05, 0) is 30.4 Å². The molecule has 0 aliphatic carbocycles. The lowest BCUT2D eigenvalue weighted by Gasteiger charge is -2.27. The maximum Gasteiger partial charge on any atom is 0.243 e. The first-order chi connectivity index (χ1) is 14.5. The first kappa shape index (κ1) is 25.2. The lowest BCUT2D eigenvalue weighted by atomic mass is 9.91. The SMILES string of the molecule is C=CCSC(=C(C)C)c1ccc(CNC(=O)[C@@H]2CC(O)CN2C(=O)CC(C)(C)C)cc1. The Bertz CT molecular complexity index is 820. The van der Waals surface area contributed by atoms with Crippen molar-refractivity contribution in [1.29, 1.82) is 0 Å². The summed E-state index contributed by atoms with van der Waals surface area (Å²) in [5.41, 5.74) is 3.24. The number of aliphatic hydroxyl groups is 1. The van der Waals surface area contributed by atoms with Crippen LogP contribution in [0.15, 0.2) is 42.5 Å². The Morgan fingerprint density at radius 1 is 1.26 bits per heavy atom. The predicted molar refractivity (Wildman–Crippen MR) is 129 cm³/mol. The maximum absolute atomic E-state index is 12.8. The van der Waals surface area contributed by atoms with E-state index in [4.69, 9.17) is 0 Å². The van der Waals surface area contributed by atoms with E-state index in [2.05, 4.69) is 37.9 Å². The monoisotopic (exact) mass is 444 g/mol. The van der Waals surface area contributed by atoms with Crippen LogP contribution in [0, 0.1) is 5.41 Å². The largest absolute Gasteiger partial charge is 0.391 e.